The molecule has 0 unspecified atom stereocenters. The number of thiazole rings is 1. The van der Waals surface area contributed by atoms with Crippen molar-refractivity contribution >= 4 is 49.7 Å². The van der Waals surface area contributed by atoms with Gasteiger partial charge in [0.25, 0.3) is 5.91 Å². The molecule has 3 aromatic heterocycles. The number of amides is 1. The summed E-state index contributed by atoms with van der Waals surface area (Å²) in [6, 6.07) is 11.7. The van der Waals surface area contributed by atoms with Crippen LogP contribution in [0, 0.1) is 0 Å². The normalized spacial score (nSPS) is 11.5. The van der Waals surface area contributed by atoms with Crippen LogP contribution in [0.15, 0.2) is 42.6 Å². The van der Waals surface area contributed by atoms with Crippen LogP contribution in [0.4, 0.5) is 5.13 Å². The van der Waals surface area contributed by atoms with E-state index < -0.39 is 0 Å². The van der Waals surface area contributed by atoms with Gasteiger partial charge in [0.05, 0.1) is 20.8 Å². The lowest BCUT2D eigenvalue weighted by atomic mass is 10.0. The Kier molecular flexibility index (Phi) is 3.94. The fourth-order valence-corrected chi connectivity index (χ4v) is 3.81. The average Bonchev–Trinajstić information content (AvgIpc) is 3.15. The Morgan fingerprint density at radius 1 is 1.28 bits per heavy atom. The number of benzene rings is 1. The standard InChI is InChI=1S/C18H15ClN4OS/c1-10(2)11-6-7-12-14(9-11)25-18(20-12)21-17(24)16-15(19)13-5-3-4-8-23(13)22-16/h3-10H,1-2H3,(H,20,21,24). The molecule has 1 N–H and O–H groups in total. The molecule has 1 aromatic carbocycles. The molecule has 0 aliphatic carbocycles. The first kappa shape index (κ1) is 16.1. The van der Waals surface area contributed by atoms with Crippen molar-refractivity contribution in [3.05, 3.63) is 58.9 Å². The van der Waals surface area contributed by atoms with Gasteiger partial charge in [0.1, 0.15) is 0 Å². The summed E-state index contributed by atoms with van der Waals surface area (Å²) in [5.74, 6) is 0.0816. The van der Waals surface area contributed by atoms with E-state index in [4.69, 9.17) is 11.6 Å². The van der Waals surface area contributed by atoms with E-state index in [9.17, 15) is 4.79 Å². The maximum absolute atomic E-state index is 12.6. The molecule has 0 aliphatic heterocycles. The van der Waals surface area contributed by atoms with Crippen molar-refractivity contribution in [2.45, 2.75) is 19.8 Å². The molecule has 5 nitrogen and oxygen atoms in total. The van der Waals surface area contributed by atoms with Gasteiger partial charge in [0.2, 0.25) is 0 Å². The molecule has 1 amide bonds. The van der Waals surface area contributed by atoms with Crippen LogP contribution in [0.5, 0.6) is 0 Å². The summed E-state index contributed by atoms with van der Waals surface area (Å²) in [6.07, 6.45) is 1.75. The Morgan fingerprint density at radius 3 is 2.88 bits per heavy atom. The zero-order valence-electron chi connectivity index (χ0n) is 13.7. The molecule has 3 heterocycles. The maximum atomic E-state index is 12.6. The zero-order chi connectivity index (χ0) is 17.6. The molecule has 126 valence electrons. The highest BCUT2D eigenvalue weighted by atomic mass is 35.5. The van der Waals surface area contributed by atoms with Crippen LogP contribution in [0.1, 0.15) is 35.8 Å². The van der Waals surface area contributed by atoms with Crippen molar-refractivity contribution in [3.8, 4) is 0 Å². The minimum Gasteiger partial charge on any atom is -0.296 e. The summed E-state index contributed by atoms with van der Waals surface area (Å²) in [5, 5.41) is 7.93. The van der Waals surface area contributed by atoms with E-state index in [1.807, 2.05) is 24.3 Å². The molecule has 0 aliphatic rings. The van der Waals surface area contributed by atoms with Gasteiger partial charge < -0.3 is 0 Å². The second-order valence-corrected chi connectivity index (χ2v) is 7.46. The van der Waals surface area contributed by atoms with Gasteiger partial charge in [0.15, 0.2) is 10.8 Å². The number of nitrogens with zero attached hydrogens (tertiary/aromatic N) is 3. The third kappa shape index (κ3) is 2.88. The molecular weight excluding hydrogens is 356 g/mol. The van der Waals surface area contributed by atoms with Crippen molar-refractivity contribution in [1.82, 2.24) is 14.6 Å². The Bertz CT molecular complexity index is 1100. The predicted molar refractivity (Wildman–Crippen MR) is 102 cm³/mol. The van der Waals surface area contributed by atoms with Gasteiger partial charge in [-0.15, -0.1) is 0 Å². The molecular formula is C18H15ClN4OS. The van der Waals surface area contributed by atoms with E-state index in [1.165, 1.54) is 16.9 Å². The van der Waals surface area contributed by atoms with E-state index in [-0.39, 0.29) is 11.6 Å². The molecule has 25 heavy (non-hydrogen) atoms. The lowest BCUT2D eigenvalue weighted by Crippen LogP contribution is -2.12. The summed E-state index contributed by atoms with van der Waals surface area (Å²) in [5.41, 5.74) is 3.00. The molecule has 0 bridgehead atoms. The Balaban J connectivity index is 1.65. The molecule has 4 aromatic rings. The second kappa shape index (κ2) is 6.13. The lowest BCUT2D eigenvalue weighted by Gasteiger charge is -2.03. The predicted octanol–water partition coefficient (Wildman–Crippen LogP) is 4.97. The van der Waals surface area contributed by atoms with Crippen LogP contribution in [0.2, 0.25) is 5.02 Å². The van der Waals surface area contributed by atoms with Crippen LogP contribution in [0.3, 0.4) is 0 Å². The zero-order valence-corrected chi connectivity index (χ0v) is 15.2. The quantitative estimate of drug-likeness (QED) is 0.553. The minimum absolute atomic E-state index is 0.190. The topological polar surface area (TPSA) is 59.3 Å². The monoisotopic (exact) mass is 370 g/mol. The van der Waals surface area contributed by atoms with Crippen molar-refractivity contribution < 1.29 is 4.79 Å². The number of pyridine rings is 1. The third-order valence-corrected chi connectivity index (χ3v) is 5.30. The Hall–Kier alpha value is -2.44. The van der Waals surface area contributed by atoms with Gasteiger partial charge in [-0.3, -0.25) is 10.1 Å². The van der Waals surface area contributed by atoms with Crippen molar-refractivity contribution in [3.63, 3.8) is 0 Å². The van der Waals surface area contributed by atoms with Gasteiger partial charge in [0, 0.05) is 6.20 Å². The van der Waals surface area contributed by atoms with E-state index in [1.54, 1.807) is 10.7 Å². The van der Waals surface area contributed by atoms with Gasteiger partial charge in [-0.1, -0.05) is 48.9 Å². The van der Waals surface area contributed by atoms with E-state index in [2.05, 4.69) is 41.4 Å². The Morgan fingerprint density at radius 2 is 2.12 bits per heavy atom. The highest BCUT2D eigenvalue weighted by molar-refractivity contribution is 7.22. The highest BCUT2D eigenvalue weighted by Crippen LogP contribution is 2.30. The molecule has 0 fully saturated rings. The number of nitrogens with one attached hydrogen (secondary N) is 1. The minimum atomic E-state index is -0.364. The molecule has 7 heteroatoms. The van der Waals surface area contributed by atoms with Crippen molar-refractivity contribution in [1.29, 1.82) is 0 Å². The van der Waals surface area contributed by atoms with Gasteiger partial charge in [-0.2, -0.15) is 5.10 Å². The number of anilines is 1. The van der Waals surface area contributed by atoms with Gasteiger partial charge >= 0.3 is 0 Å². The van der Waals surface area contributed by atoms with Crippen LogP contribution >= 0.6 is 22.9 Å². The number of carbonyl (C=O) groups is 1. The van der Waals surface area contributed by atoms with Crippen LogP contribution in [-0.4, -0.2) is 20.5 Å². The maximum Gasteiger partial charge on any atom is 0.279 e. The van der Waals surface area contributed by atoms with Crippen molar-refractivity contribution in [2.75, 3.05) is 5.32 Å². The molecule has 0 saturated carbocycles. The smallest absolute Gasteiger partial charge is 0.279 e. The number of carbonyl (C=O) groups excluding carboxylic acids is 1. The highest BCUT2D eigenvalue weighted by Gasteiger charge is 2.19. The third-order valence-electron chi connectivity index (χ3n) is 3.99. The molecule has 0 atom stereocenters. The number of rotatable bonds is 3. The Labute approximate surface area is 153 Å². The fourth-order valence-electron chi connectivity index (χ4n) is 2.62. The summed E-state index contributed by atoms with van der Waals surface area (Å²) >= 11 is 7.74. The summed E-state index contributed by atoms with van der Waals surface area (Å²) in [4.78, 5) is 17.0. The number of hydrogen-bond acceptors (Lipinski definition) is 4. The molecule has 0 saturated heterocycles. The molecule has 0 spiro atoms. The number of fused-ring (bicyclic) bond motifs is 2. The van der Waals surface area contributed by atoms with Gasteiger partial charge in [-0.05, 0) is 35.7 Å². The first-order valence-corrected chi connectivity index (χ1v) is 9.07. The summed E-state index contributed by atoms with van der Waals surface area (Å²) in [6.45, 7) is 4.30. The van der Waals surface area contributed by atoms with Crippen molar-refractivity contribution in [2.24, 2.45) is 0 Å². The van der Waals surface area contributed by atoms with E-state index in [0.717, 1.165) is 10.2 Å². The van der Waals surface area contributed by atoms with E-state index in [0.29, 0.717) is 21.6 Å². The first-order chi connectivity index (χ1) is 12.0. The molecule has 4 rings (SSSR count). The number of aromatic nitrogens is 3. The summed E-state index contributed by atoms with van der Waals surface area (Å²) < 4.78 is 2.63. The van der Waals surface area contributed by atoms with E-state index >= 15 is 0 Å². The molecule has 0 radical (unpaired) electrons. The largest absolute Gasteiger partial charge is 0.296 e. The SMILES string of the molecule is CC(C)c1ccc2nc(NC(=O)c3nn4ccccc4c3Cl)sc2c1. The summed E-state index contributed by atoms with van der Waals surface area (Å²) in [7, 11) is 0. The first-order valence-electron chi connectivity index (χ1n) is 7.87. The number of halogens is 1. The van der Waals surface area contributed by atoms with Crippen LogP contribution in [0.25, 0.3) is 15.7 Å². The van der Waals surface area contributed by atoms with Gasteiger partial charge in [-0.25, -0.2) is 9.50 Å². The fraction of sp³-hybridized carbons (Fsp3) is 0.167. The second-order valence-electron chi connectivity index (χ2n) is 6.05. The van der Waals surface area contributed by atoms with Crippen LogP contribution in [-0.2, 0) is 0 Å². The lowest BCUT2D eigenvalue weighted by molar-refractivity contribution is 0.102. The average molecular weight is 371 g/mol. The van der Waals surface area contributed by atoms with Crippen LogP contribution < -0.4 is 5.32 Å². The number of hydrogen-bond donors (Lipinski definition) is 1.